The van der Waals surface area contributed by atoms with Crippen molar-refractivity contribution in [1.29, 1.82) is 0 Å². The van der Waals surface area contributed by atoms with Crippen molar-refractivity contribution in [3.8, 4) is 0 Å². The molecule has 1 fully saturated rings. The fourth-order valence-electron chi connectivity index (χ4n) is 5.28. The molecule has 2 aromatic carbocycles. The van der Waals surface area contributed by atoms with Crippen LogP contribution in [0.2, 0.25) is 5.02 Å². The van der Waals surface area contributed by atoms with E-state index >= 15 is 4.39 Å². The third-order valence-corrected chi connectivity index (χ3v) is 9.28. The van der Waals surface area contributed by atoms with Crippen molar-refractivity contribution < 1.29 is 22.3 Å². The highest BCUT2D eigenvalue weighted by Crippen LogP contribution is 2.57. The van der Waals surface area contributed by atoms with Crippen LogP contribution in [0.1, 0.15) is 36.8 Å². The number of aliphatic hydroxyl groups excluding tert-OH is 1. The van der Waals surface area contributed by atoms with Crippen molar-refractivity contribution in [2.45, 2.75) is 41.7 Å². The standard InChI is InChI=1S/C21H21ClF2O3S/c22-14-3-5-15(6-4-14)28(26,27)21-11-1-2-13(12-25)17(21)8-7-16-18(23)9-10-19(24)20(16)21/h3-6,9-10,13,17,25H,1-2,7-8,11-12H2. The first kappa shape index (κ1) is 19.8. The molecule has 0 aromatic heterocycles. The summed E-state index contributed by atoms with van der Waals surface area (Å²) in [4.78, 5) is 0.0389. The lowest BCUT2D eigenvalue weighted by Gasteiger charge is -2.50. The van der Waals surface area contributed by atoms with E-state index in [2.05, 4.69) is 0 Å². The molecule has 0 bridgehead atoms. The van der Waals surface area contributed by atoms with Crippen LogP contribution >= 0.6 is 11.6 Å². The van der Waals surface area contributed by atoms with E-state index in [-0.39, 0.29) is 41.4 Å². The van der Waals surface area contributed by atoms with Gasteiger partial charge in [0, 0.05) is 17.2 Å². The molecule has 0 spiro atoms. The summed E-state index contributed by atoms with van der Waals surface area (Å²) in [7, 11) is -4.07. The van der Waals surface area contributed by atoms with Gasteiger partial charge in [-0.25, -0.2) is 17.2 Å². The van der Waals surface area contributed by atoms with Gasteiger partial charge in [0.25, 0.3) is 0 Å². The lowest BCUT2D eigenvalue weighted by Crippen LogP contribution is -2.52. The van der Waals surface area contributed by atoms with Crippen molar-refractivity contribution in [2.75, 3.05) is 6.61 Å². The zero-order valence-electron chi connectivity index (χ0n) is 15.2. The normalized spacial score (nSPS) is 27.1. The minimum atomic E-state index is -4.07. The average Bonchev–Trinajstić information content (AvgIpc) is 2.69. The molecule has 1 saturated carbocycles. The van der Waals surface area contributed by atoms with E-state index in [9.17, 15) is 17.9 Å². The SMILES string of the molecule is O=S(=O)(c1ccc(Cl)cc1)C12CCCC(CO)C1CCc1c(F)ccc(F)c12. The van der Waals surface area contributed by atoms with Gasteiger partial charge in [-0.1, -0.05) is 18.0 Å². The van der Waals surface area contributed by atoms with E-state index < -0.39 is 32.1 Å². The first-order valence-electron chi connectivity index (χ1n) is 9.41. The Morgan fingerprint density at radius 3 is 2.43 bits per heavy atom. The van der Waals surface area contributed by atoms with Gasteiger partial charge >= 0.3 is 0 Å². The number of halogens is 3. The summed E-state index contributed by atoms with van der Waals surface area (Å²) >= 11 is 5.92. The Labute approximate surface area is 168 Å². The van der Waals surface area contributed by atoms with Gasteiger partial charge in [-0.05, 0) is 79.5 Å². The summed E-state index contributed by atoms with van der Waals surface area (Å²) in [6.07, 6.45) is 2.05. The molecule has 7 heteroatoms. The van der Waals surface area contributed by atoms with E-state index in [0.29, 0.717) is 24.3 Å². The molecule has 3 nitrogen and oxygen atoms in total. The Balaban J connectivity index is 2.04. The molecule has 2 aliphatic carbocycles. The van der Waals surface area contributed by atoms with Crippen LogP contribution in [-0.4, -0.2) is 20.1 Å². The fraction of sp³-hybridized carbons (Fsp3) is 0.429. The maximum absolute atomic E-state index is 15.1. The molecular formula is C21H21ClF2O3S. The molecule has 0 aliphatic heterocycles. The Bertz CT molecular complexity index is 1010. The van der Waals surface area contributed by atoms with Crippen molar-refractivity contribution in [2.24, 2.45) is 11.8 Å². The van der Waals surface area contributed by atoms with Crippen molar-refractivity contribution >= 4 is 21.4 Å². The highest BCUT2D eigenvalue weighted by molar-refractivity contribution is 7.92. The maximum atomic E-state index is 15.1. The molecule has 4 rings (SSSR count). The predicted molar refractivity (Wildman–Crippen MR) is 103 cm³/mol. The second kappa shape index (κ2) is 7.08. The highest BCUT2D eigenvalue weighted by Gasteiger charge is 2.59. The monoisotopic (exact) mass is 426 g/mol. The Hall–Kier alpha value is -1.50. The van der Waals surface area contributed by atoms with Crippen LogP contribution in [-0.2, 0) is 21.0 Å². The molecule has 0 radical (unpaired) electrons. The van der Waals surface area contributed by atoms with Crippen LogP contribution in [0.5, 0.6) is 0 Å². The third kappa shape index (κ3) is 2.72. The first-order chi connectivity index (χ1) is 13.3. The predicted octanol–water partition coefficient (Wildman–Crippen LogP) is 4.64. The van der Waals surface area contributed by atoms with Crippen LogP contribution in [0.4, 0.5) is 8.78 Å². The fourth-order valence-corrected chi connectivity index (χ4v) is 7.93. The average molecular weight is 427 g/mol. The van der Waals surface area contributed by atoms with Gasteiger partial charge in [-0.3, -0.25) is 0 Å². The number of rotatable bonds is 3. The minimum absolute atomic E-state index is 0.0389. The van der Waals surface area contributed by atoms with E-state index in [1.54, 1.807) is 0 Å². The van der Waals surface area contributed by atoms with Gasteiger partial charge in [-0.15, -0.1) is 0 Å². The van der Waals surface area contributed by atoms with Crippen LogP contribution < -0.4 is 0 Å². The lowest BCUT2D eigenvalue weighted by atomic mass is 9.62. The summed E-state index contributed by atoms with van der Waals surface area (Å²) in [5.74, 6) is -2.02. The molecule has 2 aliphatic rings. The largest absolute Gasteiger partial charge is 0.396 e. The molecular weight excluding hydrogens is 406 g/mol. The van der Waals surface area contributed by atoms with Gasteiger partial charge in [0.05, 0.1) is 4.90 Å². The van der Waals surface area contributed by atoms with Crippen LogP contribution in [0.25, 0.3) is 0 Å². The number of fused-ring (bicyclic) bond motifs is 3. The van der Waals surface area contributed by atoms with Crippen molar-refractivity contribution in [1.82, 2.24) is 0 Å². The maximum Gasteiger partial charge on any atom is 0.188 e. The molecule has 3 unspecified atom stereocenters. The van der Waals surface area contributed by atoms with E-state index in [1.807, 2.05) is 0 Å². The molecule has 3 atom stereocenters. The minimum Gasteiger partial charge on any atom is -0.396 e. The topological polar surface area (TPSA) is 54.4 Å². The summed E-state index contributed by atoms with van der Waals surface area (Å²) < 4.78 is 55.9. The summed E-state index contributed by atoms with van der Waals surface area (Å²) in [5, 5.41) is 10.3. The molecule has 2 aromatic rings. The van der Waals surface area contributed by atoms with Gasteiger partial charge in [0.2, 0.25) is 0 Å². The second-order valence-electron chi connectivity index (χ2n) is 7.71. The highest BCUT2D eigenvalue weighted by atomic mass is 35.5. The zero-order valence-corrected chi connectivity index (χ0v) is 16.7. The van der Waals surface area contributed by atoms with E-state index in [1.165, 1.54) is 24.3 Å². The molecule has 0 heterocycles. The van der Waals surface area contributed by atoms with Gasteiger partial charge in [0.15, 0.2) is 9.84 Å². The van der Waals surface area contributed by atoms with Crippen LogP contribution in [0, 0.1) is 23.5 Å². The second-order valence-corrected chi connectivity index (χ2v) is 10.4. The number of hydrogen-bond donors (Lipinski definition) is 1. The molecule has 150 valence electrons. The number of sulfone groups is 1. The van der Waals surface area contributed by atoms with E-state index in [0.717, 1.165) is 12.1 Å². The summed E-state index contributed by atoms with van der Waals surface area (Å²) in [5.41, 5.74) is 0.101. The first-order valence-corrected chi connectivity index (χ1v) is 11.3. The molecule has 0 amide bonds. The summed E-state index contributed by atoms with van der Waals surface area (Å²) in [6.45, 7) is -0.172. The van der Waals surface area contributed by atoms with E-state index in [4.69, 9.17) is 11.6 Å². The molecule has 1 N–H and O–H groups in total. The Morgan fingerprint density at radius 1 is 1.07 bits per heavy atom. The van der Waals surface area contributed by atoms with Crippen molar-refractivity contribution in [3.05, 3.63) is 64.2 Å². The van der Waals surface area contributed by atoms with Gasteiger partial charge in [0.1, 0.15) is 16.4 Å². The van der Waals surface area contributed by atoms with Gasteiger partial charge in [-0.2, -0.15) is 0 Å². The lowest BCUT2D eigenvalue weighted by molar-refractivity contribution is 0.0864. The number of benzene rings is 2. The van der Waals surface area contributed by atoms with Crippen molar-refractivity contribution in [3.63, 3.8) is 0 Å². The Morgan fingerprint density at radius 2 is 1.75 bits per heavy atom. The van der Waals surface area contributed by atoms with Crippen LogP contribution in [0.15, 0.2) is 41.3 Å². The van der Waals surface area contributed by atoms with Gasteiger partial charge < -0.3 is 5.11 Å². The van der Waals surface area contributed by atoms with Crippen LogP contribution in [0.3, 0.4) is 0 Å². The third-order valence-electron chi connectivity index (χ3n) is 6.46. The number of aliphatic hydroxyl groups is 1. The number of hydrogen-bond acceptors (Lipinski definition) is 3. The smallest absolute Gasteiger partial charge is 0.188 e. The quantitative estimate of drug-likeness (QED) is 0.777. The zero-order chi connectivity index (χ0) is 20.1. The summed E-state index contributed by atoms with van der Waals surface area (Å²) in [6, 6.07) is 7.87. The molecule has 28 heavy (non-hydrogen) atoms. The Kier molecular flexibility index (Phi) is 5.01. The molecule has 0 saturated heterocycles.